The smallest absolute Gasteiger partial charge is 0.227 e. The molecule has 1 N–H and O–H groups in total. The van der Waals surface area contributed by atoms with Gasteiger partial charge in [-0.3, -0.25) is 9.59 Å². The first-order valence-electron chi connectivity index (χ1n) is 9.95. The van der Waals surface area contributed by atoms with Crippen LogP contribution < -0.4 is 10.2 Å². The van der Waals surface area contributed by atoms with E-state index in [0.717, 1.165) is 22.4 Å². The number of nitrogens with one attached hydrogen (secondary N) is 1. The van der Waals surface area contributed by atoms with Crippen molar-refractivity contribution in [3.63, 3.8) is 0 Å². The lowest BCUT2D eigenvalue weighted by Gasteiger charge is -2.16. The fraction of sp³-hybridized carbons (Fsp3) is 0.200. The van der Waals surface area contributed by atoms with Crippen LogP contribution in [0.1, 0.15) is 12.0 Å². The van der Waals surface area contributed by atoms with Crippen molar-refractivity contribution in [2.24, 2.45) is 5.92 Å². The summed E-state index contributed by atoms with van der Waals surface area (Å²) >= 11 is 0. The van der Waals surface area contributed by atoms with E-state index in [1.807, 2.05) is 72.8 Å². The highest BCUT2D eigenvalue weighted by atomic mass is 16.2. The number of carbonyl (C=O) groups is 2. The average molecular weight is 384 g/mol. The zero-order chi connectivity index (χ0) is 20.1. The van der Waals surface area contributed by atoms with Gasteiger partial charge in [-0.05, 0) is 28.8 Å². The summed E-state index contributed by atoms with van der Waals surface area (Å²) in [6, 6.07) is 28.0. The molecule has 2 amide bonds. The second kappa shape index (κ2) is 8.74. The second-order valence-corrected chi connectivity index (χ2v) is 7.45. The molecule has 0 radical (unpaired) electrons. The van der Waals surface area contributed by atoms with Gasteiger partial charge in [-0.15, -0.1) is 0 Å². The van der Waals surface area contributed by atoms with Gasteiger partial charge in [0.15, 0.2) is 0 Å². The Labute approximate surface area is 171 Å². The molecule has 0 aliphatic carbocycles. The van der Waals surface area contributed by atoms with Gasteiger partial charge in [0.1, 0.15) is 0 Å². The van der Waals surface area contributed by atoms with Gasteiger partial charge in [0.25, 0.3) is 0 Å². The number of para-hydroxylation sites is 1. The molecule has 4 heteroatoms. The summed E-state index contributed by atoms with van der Waals surface area (Å²) in [6.45, 7) is 1.17. The van der Waals surface area contributed by atoms with Gasteiger partial charge in [-0.2, -0.15) is 0 Å². The standard InChI is InChI=1S/C25H24N2O2/c28-24(15-19-11-13-22(14-12-19)21-7-3-1-4-8-21)26-17-20-16-25(29)27(18-20)23-9-5-2-6-10-23/h1-14,20H,15-18H2,(H,26,28). The fourth-order valence-corrected chi connectivity index (χ4v) is 3.73. The number of nitrogens with zero attached hydrogens (tertiary/aromatic N) is 1. The SMILES string of the molecule is O=C(Cc1ccc(-c2ccccc2)cc1)NCC1CC(=O)N(c2ccccc2)C1. The summed E-state index contributed by atoms with van der Waals surface area (Å²) in [5, 5.41) is 2.99. The largest absolute Gasteiger partial charge is 0.355 e. The Kier molecular flexibility index (Phi) is 5.71. The Balaban J connectivity index is 1.28. The molecule has 1 aliphatic heterocycles. The van der Waals surface area contributed by atoms with E-state index in [2.05, 4.69) is 17.4 Å². The summed E-state index contributed by atoms with van der Waals surface area (Å²) in [4.78, 5) is 26.4. The number of carbonyl (C=O) groups excluding carboxylic acids is 2. The normalized spacial score (nSPS) is 16.1. The Hall–Kier alpha value is -3.40. The predicted octanol–water partition coefficient (Wildman–Crippen LogP) is 4.07. The molecule has 4 rings (SSSR count). The maximum absolute atomic E-state index is 12.3. The third-order valence-electron chi connectivity index (χ3n) is 5.29. The molecule has 146 valence electrons. The molecule has 0 aromatic heterocycles. The molecule has 0 spiro atoms. The van der Waals surface area contributed by atoms with Crippen LogP contribution in [0.5, 0.6) is 0 Å². The fourth-order valence-electron chi connectivity index (χ4n) is 3.73. The molecule has 29 heavy (non-hydrogen) atoms. The molecule has 1 aliphatic rings. The number of amides is 2. The first-order chi connectivity index (χ1) is 14.2. The highest BCUT2D eigenvalue weighted by Crippen LogP contribution is 2.24. The van der Waals surface area contributed by atoms with Crippen LogP contribution in [-0.2, 0) is 16.0 Å². The van der Waals surface area contributed by atoms with Gasteiger partial charge in [-0.25, -0.2) is 0 Å². The highest BCUT2D eigenvalue weighted by molar-refractivity contribution is 5.95. The van der Waals surface area contributed by atoms with Crippen LogP contribution >= 0.6 is 0 Å². The quantitative estimate of drug-likeness (QED) is 0.697. The molecule has 1 atom stereocenters. The van der Waals surface area contributed by atoms with E-state index >= 15 is 0 Å². The molecule has 0 bridgehead atoms. The van der Waals surface area contributed by atoms with Gasteiger partial charge >= 0.3 is 0 Å². The van der Waals surface area contributed by atoms with E-state index < -0.39 is 0 Å². The number of hydrogen-bond donors (Lipinski definition) is 1. The maximum atomic E-state index is 12.3. The van der Waals surface area contributed by atoms with Gasteiger partial charge < -0.3 is 10.2 Å². The van der Waals surface area contributed by atoms with Gasteiger partial charge in [0, 0.05) is 31.1 Å². The van der Waals surface area contributed by atoms with E-state index in [4.69, 9.17) is 0 Å². The minimum Gasteiger partial charge on any atom is -0.355 e. The Morgan fingerprint density at radius 2 is 1.48 bits per heavy atom. The lowest BCUT2D eigenvalue weighted by molar-refractivity contribution is -0.121. The molecule has 3 aromatic carbocycles. The Morgan fingerprint density at radius 1 is 0.862 bits per heavy atom. The average Bonchev–Trinajstić information content (AvgIpc) is 3.15. The molecule has 3 aromatic rings. The Bertz CT molecular complexity index is 969. The van der Waals surface area contributed by atoms with Gasteiger partial charge in [-0.1, -0.05) is 72.8 Å². The van der Waals surface area contributed by atoms with Crippen LogP contribution in [0.15, 0.2) is 84.9 Å². The third-order valence-corrected chi connectivity index (χ3v) is 5.29. The molecular weight excluding hydrogens is 360 g/mol. The van der Waals surface area contributed by atoms with Crippen molar-refractivity contribution in [3.8, 4) is 11.1 Å². The van der Waals surface area contributed by atoms with E-state index in [1.54, 1.807) is 4.90 Å². The van der Waals surface area contributed by atoms with Gasteiger partial charge in [0.2, 0.25) is 11.8 Å². The molecule has 1 unspecified atom stereocenters. The molecular formula is C25H24N2O2. The van der Waals surface area contributed by atoms with Crippen molar-refractivity contribution in [2.45, 2.75) is 12.8 Å². The van der Waals surface area contributed by atoms with Crippen LogP contribution in [0.25, 0.3) is 11.1 Å². The minimum absolute atomic E-state index is 0.0110. The van der Waals surface area contributed by atoms with Crippen LogP contribution in [0.4, 0.5) is 5.69 Å². The summed E-state index contributed by atoms with van der Waals surface area (Å²) in [7, 11) is 0. The molecule has 0 saturated carbocycles. The zero-order valence-electron chi connectivity index (χ0n) is 16.3. The first-order valence-corrected chi connectivity index (χ1v) is 9.95. The monoisotopic (exact) mass is 384 g/mol. The predicted molar refractivity (Wildman–Crippen MR) is 115 cm³/mol. The van der Waals surface area contributed by atoms with Crippen molar-refractivity contribution >= 4 is 17.5 Å². The summed E-state index contributed by atoms with van der Waals surface area (Å²) in [5.74, 6) is 0.252. The molecule has 1 saturated heterocycles. The third kappa shape index (κ3) is 4.72. The zero-order valence-corrected chi connectivity index (χ0v) is 16.3. The van der Waals surface area contributed by atoms with Gasteiger partial charge in [0.05, 0.1) is 6.42 Å². The number of hydrogen-bond acceptors (Lipinski definition) is 2. The summed E-state index contributed by atoms with van der Waals surface area (Å²) in [6.07, 6.45) is 0.819. The maximum Gasteiger partial charge on any atom is 0.227 e. The van der Waals surface area contributed by atoms with Crippen LogP contribution in [-0.4, -0.2) is 24.9 Å². The van der Waals surface area contributed by atoms with Crippen molar-refractivity contribution in [3.05, 3.63) is 90.5 Å². The first kappa shape index (κ1) is 18.9. The number of rotatable bonds is 6. The second-order valence-electron chi connectivity index (χ2n) is 7.45. The van der Waals surface area contributed by atoms with Crippen molar-refractivity contribution in [2.75, 3.05) is 18.0 Å². The lowest BCUT2D eigenvalue weighted by atomic mass is 10.0. The number of benzene rings is 3. The van der Waals surface area contributed by atoms with E-state index in [9.17, 15) is 9.59 Å². The molecule has 4 nitrogen and oxygen atoms in total. The van der Waals surface area contributed by atoms with E-state index in [0.29, 0.717) is 25.9 Å². The number of anilines is 1. The van der Waals surface area contributed by atoms with Crippen molar-refractivity contribution in [1.82, 2.24) is 5.32 Å². The molecule has 1 heterocycles. The lowest BCUT2D eigenvalue weighted by Crippen LogP contribution is -2.32. The van der Waals surface area contributed by atoms with Crippen LogP contribution in [0.2, 0.25) is 0 Å². The van der Waals surface area contributed by atoms with E-state index in [-0.39, 0.29) is 17.7 Å². The summed E-state index contributed by atoms with van der Waals surface area (Å²) in [5.41, 5.74) is 4.21. The minimum atomic E-state index is -0.0110. The van der Waals surface area contributed by atoms with E-state index in [1.165, 1.54) is 0 Å². The Morgan fingerprint density at radius 3 is 2.17 bits per heavy atom. The summed E-state index contributed by atoms with van der Waals surface area (Å²) < 4.78 is 0. The van der Waals surface area contributed by atoms with Crippen LogP contribution in [0.3, 0.4) is 0 Å². The molecule has 1 fully saturated rings. The van der Waals surface area contributed by atoms with Crippen molar-refractivity contribution < 1.29 is 9.59 Å². The highest BCUT2D eigenvalue weighted by Gasteiger charge is 2.30. The van der Waals surface area contributed by atoms with Crippen molar-refractivity contribution in [1.29, 1.82) is 0 Å². The van der Waals surface area contributed by atoms with Crippen LogP contribution in [0, 0.1) is 5.92 Å². The topological polar surface area (TPSA) is 49.4 Å².